The summed E-state index contributed by atoms with van der Waals surface area (Å²) in [4.78, 5) is 0. The van der Waals surface area contributed by atoms with Crippen LogP contribution in [0.2, 0.25) is 0 Å². The van der Waals surface area contributed by atoms with Crippen molar-refractivity contribution < 1.29 is 19.2 Å². The van der Waals surface area contributed by atoms with E-state index in [9.17, 15) is 14.4 Å². The number of halogens is 1. The fraction of sp³-hybridized carbons (Fsp3) is 0.200. The first kappa shape index (κ1) is 13.2. The van der Waals surface area contributed by atoms with Crippen molar-refractivity contribution in [1.82, 2.24) is 0 Å². The van der Waals surface area contributed by atoms with Gasteiger partial charge in [0, 0.05) is 11.4 Å². The van der Waals surface area contributed by atoms with Crippen molar-refractivity contribution in [3.63, 3.8) is 0 Å². The first-order chi connectivity index (χ1) is 9.65. The van der Waals surface area contributed by atoms with Gasteiger partial charge >= 0.3 is 7.12 Å². The lowest BCUT2D eigenvalue weighted by atomic mass is 9.78. The van der Waals surface area contributed by atoms with Crippen molar-refractivity contribution in [1.29, 1.82) is 0 Å². The molecule has 1 aliphatic carbocycles. The first-order valence-electron chi connectivity index (χ1n) is 6.51. The molecule has 0 saturated carbocycles. The molecule has 0 aromatic heterocycles. The largest absolute Gasteiger partial charge is 0.493 e. The lowest BCUT2D eigenvalue weighted by Crippen LogP contribution is -2.33. The van der Waals surface area contributed by atoms with Crippen LogP contribution in [0, 0.1) is 5.82 Å². The van der Waals surface area contributed by atoms with Crippen LogP contribution in [0.4, 0.5) is 4.39 Å². The van der Waals surface area contributed by atoms with E-state index in [0.29, 0.717) is 18.3 Å². The molecule has 0 heterocycles. The number of benzene rings is 2. The lowest BCUT2D eigenvalue weighted by Gasteiger charge is -2.30. The minimum absolute atomic E-state index is 0.0533. The Balaban J connectivity index is 1.71. The Morgan fingerprint density at radius 2 is 2.00 bits per heavy atom. The van der Waals surface area contributed by atoms with Gasteiger partial charge in [-0.25, -0.2) is 4.39 Å². The Bertz CT molecular complexity index is 630. The quantitative estimate of drug-likeness (QED) is 0.823. The van der Waals surface area contributed by atoms with Crippen LogP contribution in [-0.4, -0.2) is 23.8 Å². The van der Waals surface area contributed by atoms with Crippen LogP contribution in [0.15, 0.2) is 42.5 Å². The normalized spacial score (nSPS) is 16.2. The van der Waals surface area contributed by atoms with E-state index in [0.717, 1.165) is 12.5 Å². The molecule has 0 aliphatic heterocycles. The Morgan fingerprint density at radius 1 is 1.20 bits per heavy atom. The van der Waals surface area contributed by atoms with Gasteiger partial charge in [0.15, 0.2) is 0 Å². The van der Waals surface area contributed by atoms with E-state index in [2.05, 4.69) is 12.1 Å². The monoisotopic (exact) mass is 272 g/mol. The zero-order valence-electron chi connectivity index (χ0n) is 10.8. The highest BCUT2D eigenvalue weighted by molar-refractivity contribution is 6.59. The topological polar surface area (TPSA) is 49.7 Å². The predicted octanol–water partition coefficient (Wildman–Crippen LogP) is 1.22. The molecule has 0 bridgehead atoms. The number of ether oxygens (including phenoxy) is 1. The molecule has 5 heteroatoms. The zero-order valence-corrected chi connectivity index (χ0v) is 10.8. The molecule has 0 saturated heterocycles. The molecule has 0 spiro atoms. The summed E-state index contributed by atoms with van der Waals surface area (Å²) in [5.41, 5.74) is 2.64. The van der Waals surface area contributed by atoms with Crippen molar-refractivity contribution in [2.45, 2.75) is 12.3 Å². The fourth-order valence-corrected chi connectivity index (χ4v) is 2.55. The third-order valence-corrected chi connectivity index (χ3v) is 3.65. The van der Waals surface area contributed by atoms with Gasteiger partial charge < -0.3 is 14.8 Å². The number of fused-ring (bicyclic) bond motifs is 1. The molecule has 1 atom stereocenters. The predicted molar refractivity (Wildman–Crippen MR) is 74.6 cm³/mol. The average Bonchev–Trinajstić information content (AvgIpc) is 2.41. The smallest absolute Gasteiger partial charge is 0.492 e. The van der Waals surface area contributed by atoms with Crippen molar-refractivity contribution in [3.05, 3.63) is 59.4 Å². The van der Waals surface area contributed by atoms with Gasteiger partial charge in [0.1, 0.15) is 11.6 Å². The van der Waals surface area contributed by atoms with Crippen molar-refractivity contribution in [2.75, 3.05) is 6.61 Å². The van der Waals surface area contributed by atoms with Crippen LogP contribution < -0.4 is 10.2 Å². The van der Waals surface area contributed by atoms with Gasteiger partial charge in [0.2, 0.25) is 0 Å². The van der Waals surface area contributed by atoms with E-state index >= 15 is 0 Å². The highest BCUT2D eigenvalue weighted by atomic mass is 19.1. The van der Waals surface area contributed by atoms with Crippen LogP contribution in [0.5, 0.6) is 5.75 Å². The summed E-state index contributed by atoms with van der Waals surface area (Å²) in [6.45, 7) is 0.447. The second kappa shape index (κ2) is 5.27. The van der Waals surface area contributed by atoms with Gasteiger partial charge in [-0.3, -0.25) is 0 Å². The molecular formula is C15H14BFO3. The minimum atomic E-state index is -1.74. The van der Waals surface area contributed by atoms with E-state index in [1.54, 1.807) is 0 Å². The molecule has 102 valence electrons. The fourth-order valence-electron chi connectivity index (χ4n) is 2.55. The van der Waals surface area contributed by atoms with Crippen LogP contribution in [-0.2, 0) is 6.42 Å². The molecule has 0 fully saturated rings. The molecule has 1 unspecified atom stereocenters. The molecule has 20 heavy (non-hydrogen) atoms. The average molecular weight is 272 g/mol. The highest BCUT2D eigenvalue weighted by Gasteiger charge is 2.27. The molecule has 1 aliphatic rings. The van der Waals surface area contributed by atoms with Crippen LogP contribution in [0.25, 0.3) is 0 Å². The molecule has 0 amide bonds. The molecule has 3 rings (SSSR count). The molecular weight excluding hydrogens is 258 g/mol. The lowest BCUT2D eigenvalue weighted by molar-refractivity contribution is 0.275. The van der Waals surface area contributed by atoms with Gasteiger partial charge in [-0.1, -0.05) is 24.3 Å². The molecule has 2 N–H and O–H groups in total. The highest BCUT2D eigenvalue weighted by Crippen LogP contribution is 2.34. The molecule has 0 radical (unpaired) electrons. The first-order valence-corrected chi connectivity index (χ1v) is 6.51. The van der Waals surface area contributed by atoms with Crippen LogP contribution in [0.1, 0.15) is 17.0 Å². The summed E-state index contributed by atoms with van der Waals surface area (Å²) < 4.78 is 18.7. The van der Waals surface area contributed by atoms with Gasteiger partial charge in [0.25, 0.3) is 0 Å². The molecule has 3 nitrogen and oxygen atoms in total. The summed E-state index contributed by atoms with van der Waals surface area (Å²) in [6.07, 6.45) is 0.953. The Morgan fingerprint density at radius 3 is 2.75 bits per heavy atom. The summed E-state index contributed by atoms with van der Waals surface area (Å²) in [7, 11) is -1.74. The third-order valence-electron chi connectivity index (χ3n) is 3.65. The van der Waals surface area contributed by atoms with E-state index in [-0.39, 0.29) is 5.46 Å². The SMILES string of the molecule is OB(O)c1cc(F)ccc1OCC1Cc2ccccc21. The summed E-state index contributed by atoms with van der Waals surface area (Å²) in [5, 5.41) is 18.5. The second-order valence-corrected chi connectivity index (χ2v) is 4.97. The van der Waals surface area contributed by atoms with E-state index in [4.69, 9.17) is 4.74 Å². The van der Waals surface area contributed by atoms with Crippen molar-refractivity contribution >= 4 is 12.6 Å². The number of rotatable bonds is 4. The Labute approximate surface area is 116 Å². The maximum Gasteiger partial charge on any atom is 0.492 e. The summed E-state index contributed by atoms with van der Waals surface area (Å²) in [5.74, 6) is 0.0974. The molecule has 2 aromatic carbocycles. The maximum atomic E-state index is 13.1. The Kier molecular flexibility index (Phi) is 3.46. The van der Waals surface area contributed by atoms with E-state index in [1.807, 2.05) is 12.1 Å². The maximum absolute atomic E-state index is 13.1. The minimum Gasteiger partial charge on any atom is -0.493 e. The number of hydrogen-bond acceptors (Lipinski definition) is 3. The molecule has 2 aromatic rings. The van der Waals surface area contributed by atoms with Gasteiger partial charge in [0.05, 0.1) is 6.61 Å². The van der Waals surface area contributed by atoms with E-state index < -0.39 is 12.9 Å². The third kappa shape index (κ3) is 2.42. The zero-order chi connectivity index (χ0) is 14.1. The standard InChI is InChI=1S/C15H14BFO3/c17-12-5-6-15(14(8-12)16(18)19)20-9-11-7-10-3-1-2-4-13(10)11/h1-6,8,11,18-19H,7,9H2. The van der Waals surface area contributed by atoms with Gasteiger partial charge in [-0.15, -0.1) is 0 Å². The summed E-state index contributed by atoms with van der Waals surface area (Å²) >= 11 is 0. The summed E-state index contributed by atoms with van der Waals surface area (Å²) in [6, 6.07) is 11.9. The Hall–Kier alpha value is -1.85. The van der Waals surface area contributed by atoms with Crippen LogP contribution in [0.3, 0.4) is 0 Å². The van der Waals surface area contributed by atoms with E-state index in [1.165, 1.54) is 23.3 Å². The second-order valence-electron chi connectivity index (χ2n) is 4.97. The number of hydrogen-bond donors (Lipinski definition) is 2. The van der Waals surface area contributed by atoms with Crippen LogP contribution >= 0.6 is 0 Å². The van der Waals surface area contributed by atoms with Gasteiger partial charge in [-0.2, -0.15) is 0 Å². The van der Waals surface area contributed by atoms with Crippen molar-refractivity contribution in [2.24, 2.45) is 0 Å². The van der Waals surface area contributed by atoms with Gasteiger partial charge in [-0.05, 0) is 35.7 Å². The van der Waals surface area contributed by atoms with Crippen molar-refractivity contribution in [3.8, 4) is 5.75 Å².